The molecule has 108 valence electrons. The maximum Gasteiger partial charge on any atom is 0.264 e. The summed E-state index contributed by atoms with van der Waals surface area (Å²) in [6.07, 6.45) is 1.78. The smallest absolute Gasteiger partial charge is 0.264 e. The molecule has 0 aliphatic rings. The summed E-state index contributed by atoms with van der Waals surface area (Å²) in [5.74, 6) is 1.84. The topological polar surface area (TPSA) is 74.2 Å². The van der Waals surface area contributed by atoms with Gasteiger partial charge in [-0.1, -0.05) is 23.7 Å². The predicted octanol–water partition coefficient (Wildman–Crippen LogP) is 3.27. The molecule has 0 aliphatic carbocycles. The number of benzene rings is 1. The summed E-state index contributed by atoms with van der Waals surface area (Å²) in [4.78, 5) is 4.25. The molecule has 0 fully saturated rings. The van der Waals surface area contributed by atoms with Gasteiger partial charge in [-0.2, -0.15) is 4.98 Å². The number of halogens is 1. The van der Waals surface area contributed by atoms with Crippen molar-refractivity contribution in [3.8, 4) is 5.75 Å². The van der Waals surface area contributed by atoms with E-state index >= 15 is 0 Å². The first-order valence-electron chi connectivity index (χ1n) is 6.59. The van der Waals surface area contributed by atoms with Crippen molar-refractivity contribution >= 4 is 11.6 Å². The molecule has 2 rings (SSSR count). The van der Waals surface area contributed by atoms with Crippen molar-refractivity contribution in [2.24, 2.45) is 5.73 Å². The summed E-state index contributed by atoms with van der Waals surface area (Å²) in [6.45, 7) is 4.16. The first-order valence-corrected chi connectivity index (χ1v) is 6.97. The fraction of sp³-hybridized carbons (Fsp3) is 0.429. The highest BCUT2D eigenvalue weighted by molar-refractivity contribution is 6.30. The zero-order chi connectivity index (χ0) is 14.5. The lowest BCUT2D eigenvalue weighted by Gasteiger charge is -2.13. The second-order valence-electron chi connectivity index (χ2n) is 4.61. The minimum Gasteiger partial charge on any atom is -0.483 e. The number of aromatic nitrogens is 2. The van der Waals surface area contributed by atoms with Crippen molar-refractivity contribution in [1.29, 1.82) is 0 Å². The minimum atomic E-state index is -0.165. The predicted molar refractivity (Wildman–Crippen MR) is 76.7 cm³/mol. The van der Waals surface area contributed by atoms with Gasteiger partial charge < -0.3 is 15.0 Å². The largest absolute Gasteiger partial charge is 0.483 e. The number of hydrogen-bond donors (Lipinski definition) is 1. The molecule has 0 saturated carbocycles. The van der Waals surface area contributed by atoms with Gasteiger partial charge in [0.05, 0.1) is 0 Å². The Labute approximate surface area is 123 Å². The van der Waals surface area contributed by atoms with Crippen LogP contribution in [-0.2, 0) is 13.0 Å². The van der Waals surface area contributed by atoms with Gasteiger partial charge in [-0.25, -0.2) is 0 Å². The molecule has 0 aliphatic heterocycles. The molecule has 6 heteroatoms. The maximum absolute atomic E-state index is 5.96. The molecule has 2 aromatic rings. The van der Waals surface area contributed by atoms with Gasteiger partial charge in [-0.05, 0) is 31.5 Å². The Morgan fingerprint density at radius 1 is 1.45 bits per heavy atom. The summed E-state index contributed by atoms with van der Waals surface area (Å²) in [6, 6.07) is 5.20. The molecule has 0 saturated heterocycles. The molecule has 1 heterocycles. The number of nitrogens with zero attached hydrogens (tertiary/aromatic N) is 2. The Kier molecular flexibility index (Phi) is 4.98. The minimum absolute atomic E-state index is 0.165. The lowest BCUT2D eigenvalue weighted by atomic mass is 10.1. The van der Waals surface area contributed by atoms with Gasteiger partial charge in [-0.3, -0.25) is 0 Å². The van der Waals surface area contributed by atoms with Crippen molar-refractivity contribution in [3.05, 3.63) is 40.5 Å². The average Bonchev–Trinajstić information content (AvgIpc) is 2.85. The Morgan fingerprint density at radius 3 is 2.95 bits per heavy atom. The first kappa shape index (κ1) is 14.8. The van der Waals surface area contributed by atoms with Gasteiger partial charge in [-0.15, -0.1) is 0 Å². The van der Waals surface area contributed by atoms with Crippen LogP contribution < -0.4 is 10.5 Å². The van der Waals surface area contributed by atoms with E-state index in [1.165, 1.54) is 0 Å². The van der Waals surface area contributed by atoms with Crippen LogP contribution in [0, 0.1) is 0 Å². The van der Waals surface area contributed by atoms with Crippen LogP contribution in [-0.4, -0.2) is 10.1 Å². The van der Waals surface area contributed by atoms with Crippen LogP contribution in [0.2, 0.25) is 5.02 Å². The number of hydrogen-bond acceptors (Lipinski definition) is 5. The summed E-state index contributed by atoms with van der Waals surface area (Å²) >= 11 is 5.96. The van der Waals surface area contributed by atoms with Gasteiger partial charge >= 0.3 is 0 Å². The molecule has 0 unspecified atom stereocenters. The second kappa shape index (κ2) is 6.72. The summed E-state index contributed by atoms with van der Waals surface area (Å²) in [5, 5.41) is 4.51. The van der Waals surface area contributed by atoms with Gasteiger partial charge in [0.25, 0.3) is 5.89 Å². The zero-order valence-electron chi connectivity index (χ0n) is 11.6. The fourth-order valence-electron chi connectivity index (χ4n) is 1.82. The summed E-state index contributed by atoms with van der Waals surface area (Å²) < 4.78 is 10.8. The highest BCUT2D eigenvalue weighted by Crippen LogP contribution is 2.27. The molecule has 1 atom stereocenters. The van der Waals surface area contributed by atoms with E-state index in [0.717, 1.165) is 18.4 Å². The van der Waals surface area contributed by atoms with E-state index in [-0.39, 0.29) is 12.6 Å². The SMILES string of the molecule is CCCc1noc(COc2ccc(Cl)cc2[C@@H](C)N)n1. The molecule has 1 aromatic carbocycles. The monoisotopic (exact) mass is 295 g/mol. The van der Waals surface area contributed by atoms with Crippen LogP contribution in [0.1, 0.15) is 43.6 Å². The molecule has 0 amide bonds. The third-order valence-electron chi connectivity index (χ3n) is 2.80. The summed E-state index contributed by atoms with van der Waals surface area (Å²) in [7, 11) is 0. The van der Waals surface area contributed by atoms with Crippen molar-refractivity contribution in [2.45, 2.75) is 39.3 Å². The maximum atomic E-state index is 5.96. The molecule has 5 nitrogen and oxygen atoms in total. The van der Waals surface area contributed by atoms with Crippen molar-refractivity contribution < 1.29 is 9.26 Å². The quantitative estimate of drug-likeness (QED) is 0.885. The van der Waals surface area contributed by atoms with Crippen molar-refractivity contribution in [1.82, 2.24) is 10.1 Å². The standard InChI is InChI=1S/C14H18ClN3O2/c1-3-4-13-17-14(20-18-13)8-19-12-6-5-10(15)7-11(12)9(2)16/h5-7,9H,3-4,8,16H2,1-2H3/t9-/m1/s1. The molecule has 0 radical (unpaired) electrons. The van der Waals surface area contributed by atoms with E-state index < -0.39 is 0 Å². The lowest BCUT2D eigenvalue weighted by molar-refractivity contribution is 0.240. The Balaban J connectivity index is 2.06. The van der Waals surface area contributed by atoms with E-state index in [1.54, 1.807) is 18.2 Å². The highest BCUT2D eigenvalue weighted by atomic mass is 35.5. The molecule has 1 aromatic heterocycles. The highest BCUT2D eigenvalue weighted by Gasteiger charge is 2.11. The Hall–Kier alpha value is -1.59. The van der Waals surface area contributed by atoms with Crippen LogP contribution in [0.4, 0.5) is 0 Å². The van der Waals surface area contributed by atoms with Crippen LogP contribution in [0.3, 0.4) is 0 Å². The molecule has 0 bridgehead atoms. The van der Waals surface area contributed by atoms with Crippen molar-refractivity contribution in [3.63, 3.8) is 0 Å². The lowest BCUT2D eigenvalue weighted by Crippen LogP contribution is -2.08. The number of ether oxygens (including phenoxy) is 1. The van der Waals surface area contributed by atoms with Crippen LogP contribution in [0.15, 0.2) is 22.7 Å². The molecular weight excluding hydrogens is 278 g/mol. The molecular formula is C14H18ClN3O2. The first-order chi connectivity index (χ1) is 9.60. The van der Waals surface area contributed by atoms with E-state index in [1.807, 2.05) is 6.92 Å². The molecule has 2 N–H and O–H groups in total. The number of rotatable bonds is 6. The van der Waals surface area contributed by atoms with Gasteiger partial charge in [0.2, 0.25) is 0 Å². The van der Waals surface area contributed by atoms with Crippen LogP contribution in [0.5, 0.6) is 5.75 Å². The van der Waals surface area contributed by atoms with Crippen LogP contribution >= 0.6 is 11.6 Å². The Morgan fingerprint density at radius 2 is 2.25 bits per heavy atom. The van der Waals surface area contributed by atoms with Gasteiger partial charge in [0.15, 0.2) is 12.4 Å². The number of nitrogens with two attached hydrogens (primary N) is 1. The number of aryl methyl sites for hydroxylation is 1. The van der Waals surface area contributed by atoms with E-state index in [2.05, 4.69) is 17.1 Å². The average molecular weight is 296 g/mol. The normalized spacial score (nSPS) is 12.4. The van der Waals surface area contributed by atoms with Gasteiger partial charge in [0, 0.05) is 23.0 Å². The Bertz CT molecular complexity index is 569. The third-order valence-corrected chi connectivity index (χ3v) is 3.03. The van der Waals surface area contributed by atoms with Gasteiger partial charge in [0.1, 0.15) is 5.75 Å². The summed E-state index contributed by atoms with van der Waals surface area (Å²) in [5.41, 5.74) is 6.76. The third kappa shape index (κ3) is 3.71. The second-order valence-corrected chi connectivity index (χ2v) is 5.05. The van der Waals surface area contributed by atoms with E-state index in [0.29, 0.717) is 22.5 Å². The molecule has 20 heavy (non-hydrogen) atoms. The van der Waals surface area contributed by atoms with Crippen LogP contribution in [0.25, 0.3) is 0 Å². The zero-order valence-corrected chi connectivity index (χ0v) is 12.4. The van der Waals surface area contributed by atoms with E-state index in [4.69, 9.17) is 26.6 Å². The van der Waals surface area contributed by atoms with Crippen molar-refractivity contribution in [2.75, 3.05) is 0 Å². The van der Waals surface area contributed by atoms with E-state index in [9.17, 15) is 0 Å². The molecule has 0 spiro atoms. The fourth-order valence-corrected chi connectivity index (χ4v) is 2.00.